The van der Waals surface area contributed by atoms with E-state index in [4.69, 9.17) is 0 Å². The Hall–Kier alpha value is -2.18. The van der Waals surface area contributed by atoms with Crippen LogP contribution in [0.5, 0.6) is 0 Å². The van der Waals surface area contributed by atoms with Gasteiger partial charge in [-0.1, -0.05) is 12.2 Å². The Morgan fingerprint density at radius 2 is 2.14 bits per heavy atom. The second kappa shape index (κ2) is 6.07. The number of H-pyrrole nitrogens is 1. The van der Waals surface area contributed by atoms with Crippen molar-refractivity contribution in [1.29, 1.82) is 0 Å². The molecule has 2 aliphatic rings. The van der Waals surface area contributed by atoms with Gasteiger partial charge >= 0.3 is 0 Å². The van der Waals surface area contributed by atoms with Crippen molar-refractivity contribution in [3.8, 4) is 0 Å². The van der Waals surface area contributed by atoms with E-state index in [2.05, 4.69) is 32.9 Å². The third-order valence-electron chi connectivity index (χ3n) is 3.96. The SMILES string of the molecule is O=C(CC1C=CCC1)Nc1n[nH]nc1C(=O)N1CCCC1. The molecule has 2 amide bonds. The van der Waals surface area contributed by atoms with Gasteiger partial charge in [0.05, 0.1) is 0 Å². The summed E-state index contributed by atoms with van der Waals surface area (Å²) in [7, 11) is 0. The standard InChI is InChI=1S/C14H19N5O2/c20-11(9-10-5-1-2-6-10)15-13-12(16-18-17-13)14(21)19-7-3-4-8-19/h1,5,10H,2-4,6-9H2,(H2,15,16,17,18,20). The van der Waals surface area contributed by atoms with Crippen molar-refractivity contribution in [1.82, 2.24) is 20.3 Å². The molecule has 0 aromatic carbocycles. The van der Waals surface area contributed by atoms with Gasteiger partial charge in [-0.05, 0) is 31.6 Å². The van der Waals surface area contributed by atoms with Gasteiger partial charge in [0.1, 0.15) is 0 Å². The van der Waals surface area contributed by atoms with Crippen LogP contribution < -0.4 is 5.32 Å². The third-order valence-corrected chi connectivity index (χ3v) is 3.96. The predicted molar refractivity (Wildman–Crippen MR) is 76.6 cm³/mol. The van der Waals surface area contributed by atoms with Gasteiger partial charge in [-0.2, -0.15) is 5.21 Å². The normalized spacial score (nSPS) is 21.0. The minimum absolute atomic E-state index is 0.129. The molecule has 1 atom stereocenters. The number of hydrogen-bond donors (Lipinski definition) is 2. The molecule has 7 nitrogen and oxygen atoms in total. The molecule has 21 heavy (non-hydrogen) atoms. The van der Waals surface area contributed by atoms with Crippen molar-refractivity contribution in [2.75, 3.05) is 18.4 Å². The Morgan fingerprint density at radius 1 is 1.33 bits per heavy atom. The number of likely N-dealkylation sites (tertiary alicyclic amines) is 1. The smallest absolute Gasteiger partial charge is 0.278 e. The molecule has 1 aromatic rings. The summed E-state index contributed by atoms with van der Waals surface area (Å²) >= 11 is 0. The van der Waals surface area contributed by atoms with Crippen LogP contribution in [0.1, 0.15) is 42.6 Å². The summed E-state index contributed by atoms with van der Waals surface area (Å²) in [6, 6.07) is 0. The van der Waals surface area contributed by atoms with Crippen LogP contribution in [0.25, 0.3) is 0 Å². The molecular formula is C14H19N5O2. The molecule has 0 bridgehead atoms. The average molecular weight is 289 g/mol. The maximum Gasteiger partial charge on any atom is 0.278 e. The lowest BCUT2D eigenvalue weighted by Gasteiger charge is -2.14. The van der Waals surface area contributed by atoms with E-state index < -0.39 is 0 Å². The molecule has 0 saturated carbocycles. The van der Waals surface area contributed by atoms with Crippen LogP contribution in [-0.4, -0.2) is 45.2 Å². The molecule has 3 rings (SSSR count). The number of anilines is 1. The molecule has 1 aliphatic carbocycles. The summed E-state index contributed by atoms with van der Waals surface area (Å²) in [6.07, 6.45) is 8.64. The van der Waals surface area contributed by atoms with E-state index in [1.165, 1.54) is 0 Å². The summed E-state index contributed by atoms with van der Waals surface area (Å²) in [5, 5.41) is 12.9. The summed E-state index contributed by atoms with van der Waals surface area (Å²) in [5.74, 6) is 0.224. The first kappa shape index (κ1) is 13.8. The first-order chi connectivity index (χ1) is 10.2. The number of amides is 2. The van der Waals surface area contributed by atoms with Gasteiger partial charge in [0.15, 0.2) is 11.5 Å². The van der Waals surface area contributed by atoms with Gasteiger partial charge in [-0.3, -0.25) is 9.59 Å². The number of hydrogen-bond acceptors (Lipinski definition) is 4. The Labute approximate surface area is 122 Å². The highest BCUT2D eigenvalue weighted by Gasteiger charge is 2.26. The van der Waals surface area contributed by atoms with Crippen molar-refractivity contribution >= 4 is 17.6 Å². The number of carbonyl (C=O) groups is 2. The maximum absolute atomic E-state index is 12.3. The van der Waals surface area contributed by atoms with Crippen LogP contribution in [0.3, 0.4) is 0 Å². The van der Waals surface area contributed by atoms with E-state index in [0.29, 0.717) is 6.42 Å². The van der Waals surface area contributed by atoms with Crippen LogP contribution in [0.15, 0.2) is 12.2 Å². The Morgan fingerprint density at radius 3 is 2.86 bits per heavy atom. The molecule has 2 N–H and O–H groups in total. The first-order valence-corrected chi connectivity index (χ1v) is 7.40. The van der Waals surface area contributed by atoms with Crippen molar-refractivity contribution in [3.05, 3.63) is 17.8 Å². The van der Waals surface area contributed by atoms with Gasteiger partial charge < -0.3 is 10.2 Å². The molecule has 1 saturated heterocycles. The third kappa shape index (κ3) is 3.12. The minimum Gasteiger partial charge on any atom is -0.337 e. The fraction of sp³-hybridized carbons (Fsp3) is 0.571. The number of nitrogens with one attached hydrogen (secondary N) is 2. The Bertz CT molecular complexity index is 559. The van der Waals surface area contributed by atoms with Crippen molar-refractivity contribution in [3.63, 3.8) is 0 Å². The number of aromatic amines is 1. The zero-order valence-electron chi connectivity index (χ0n) is 11.8. The second-order valence-corrected chi connectivity index (χ2v) is 5.54. The minimum atomic E-state index is -0.169. The summed E-state index contributed by atoms with van der Waals surface area (Å²) in [5.41, 5.74) is 0.201. The zero-order valence-corrected chi connectivity index (χ0v) is 11.8. The van der Waals surface area contributed by atoms with E-state index in [1.54, 1.807) is 4.90 Å². The molecule has 1 aromatic heterocycles. The van der Waals surface area contributed by atoms with Crippen LogP contribution >= 0.6 is 0 Å². The molecule has 1 fully saturated rings. The lowest BCUT2D eigenvalue weighted by Crippen LogP contribution is -2.29. The highest BCUT2D eigenvalue weighted by molar-refractivity contribution is 6.01. The number of rotatable bonds is 4. The lowest BCUT2D eigenvalue weighted by molar-refractivity contribution is -0.116. The fourth-order valence-corrected chi connectivity index (χ4v) is 2.82. The highest BCUT2D eigenvalue weighted by Crippen LogP contribution is 2.21. The molecule has 7 heteroatoms. The van der Waals surface area contributed by atoms with Gasteiger partial charge in [0.2, 0.25) is 5.91 Å². The first-order valence-electron chi connectivity index (χ1n) is 7.40. The van der Waals surface area contributed by atoms with E-state index in [9.17, 15) is 9.59 Å². The summed E-state index contributed by atoms with van der Waals surface area (Å²) in [4.78, 5) is 26.1. The predicted octanol–water partition coefficient (Wildman–Crippen LogP) is 1.34. The van der Waals surface area contributed by atoms with E-state index in [0.717, 1.165) is 38.8 Å². The monoisotopic (exact) mass is 289 g/mol. The molecule has 0 spiro atoms. The molecule has 112 valence electrons. The molecule has 1 unspecified atom stereocenters. The fourth-order valence-electron chi connectivity index (χ4n) is 2.82. The van der Waals surface area contributed by atoms with Crippen LogP contribution in [0, 0.1) is 5.92 Å². The average Bonchev–Trinajstić information content (AvgIpc) is 3.20. The number of aromatic nitrogens is 3. The quantitative estimate of drug-likeness (QED) is 0.818. The van der Waals surface area contributed by atoms with Gasteiger partial charge in [0.25, 0.3) is 5.91 Å². The Balaban J connectivity index is 1.63. The topological polar surface area (TPSA) is 91.0 Å². The maximum atomic E-state index is 12.3. The zero-order chi connectivity index (χ0) is 14.7. The van der Waals surface area contributed by atoms with Crippen molar-refractivity contribution < 1.29 is 9.59 Å². The lowest BCUT2D eigenvalue weighted by atomic mass is 10.1. The van der Waals surface area contributed by atoms with E-state index in [1.807, 2.05) is 0 Å². The van der Waals surface area contributed by atoms with Gasteiger partial charge in [-0.25, -0.2) is 0 Å². The summed E-state index contributed by atoms with van der Waals surface area (Å²) in [6.45, 7) is 1.48. The van der Waals surface area contributed by atoms with Crippen LogP contribution in [-0.2, 0) is 4.79 Å². The molecule has 1 aliphatic heterocycles. The van der Waals surface area contributed by atoms with Gasteiger partial charge in [-0.15, -0.1) is 10.2 Å². The van der Waals surface area contributed by atoms with Crippen molar-refractivity contribution in [2.24, 2.45) is 5.92 Å². The highest BCUT2D eigenvalue weighted by atomic mass is 16.2. The van der Waals surface area contributed by atoms with Gasteiger partial charge in [0, 0.05) is 19.5 Å². The molecule has 0 radical (unpaired) electrons. The molecule has 2 heterocycles. The number of nitrogens with zero attached hydrogens (tertiary/aromatic N) is 3. The van der Waals surface area contributed by atoms with Crippen LogP contribution in [0.4, 0.5) is 5.82 Å². The van der Waals surface area contributed by atoms with Crippen molar-refractivity contribution in [2.45, 2.75) is 32.1 Å². The molecular weight excluding hydrogens is 270 g/mol. The summed E-state index contributed by atoms with van der Waals surface area (Å²) < 4.78 is 0. The van der Waals surface area contributed by atoms with E-state index in [-0.39, 0.29) is 29.2 Å². The number of carbonyl (C=O) groups excluding carboxylic acids is 2. The largest absolute Gasteiger partial charge is 0.337 e. The van der Waals surface area contributed by atoms with E-state index >= 15 is 0 Å². The Kier molecular flexibility index (Phi) is 3.98. The number of allylic oxidation sites excluding steroid dienone is 2. The second-order valence-electron chi connectivity index (χ2n) is 5.54. The van der Waals surface area contributed by atoms with Crippen LogP contribution in [0.2, 0.25) is 0 Å².